The Kier molecular flexibility index (Phi) is 4.11. The number of rotatable bonds is 4. The molecule has 2 aliphatic rings. The molecular weight excluding hydrogens is 328 g/mol. The van der Waals surface area contributed by atoms with E-state index in [4.69, 9.17) is 13.2 Å². The Morgan fingerprint density at radius 3 is 2.82 bits per heavy atom. The number of carbonyl (C=O) groups is 2. The summed E-state index contributed by atoms with van der Waals surface area (Å²) in [5, 5.41) is 1.11. The zero-order chi connectivity index (χ0) is 15.9. The highest BCUT2D eigenvalue weighted by molar-refractivity contribution is 7.75. The van der Waals surface area contributed by atoms with E-state index in [1.165, 1.54) is 4.90 Å². The summed E-state index contributed by atoms with van der Waals surface area (Å²) in [5.41, 5.74) is 1.31. The van der Waals surface area contributed by atoms with E-state index in [0.29, 0.717) is 16.9 Å². The van der Waals surface area contributed by atoms with E-state index >= 15 is 0 Å². The van der Waals surface area contributed by atoms with Gasteiger partial charge in [-0.15, -0.1) is 0 Å². The number of carbonyl (C=O) groups excluding carboxylic acids is 2. The number of hydrogen-bond acceptors (Lipinski definition) is 7. The minimum absolute atomic E-state index is 0.228. The van der Waals surface area contributed by atoms with Crippen molar-refractivity contribution in [3.63, 3.8) is 0 Å². The zero-order valence-corrected chi connectivity index (χ0v) is 13.4. The number of nitrogens with zero attached hydrogens (tertiary/aromatic N) is 2. The normalized spacial score (nSPS) is 22.6. The summed E-state index contributed by atoms with van der Waals surface area (Å²) < 4.78 is 15.1. The molecule has 1 saturated heterocycles. The van der Waals surface area contributed by atoms with Gasteiger partial charge in [0.05, 0.1) is 13.2 Å². The van der Waals surface area contributed by atoms with Gasteiger partial charge in [0.1, 0.15) is 11.8 Å². The molecule has 0 spiro atoms. The van der Waals surface area contributed by atoms with Crippen LogP contribution in [0, 0.1) is 0 Å². The second-order valence-electron chi connectivity index (χ2n) is 4.86. The lowest BCUT2D eigenvalue weighted by Gasteiger charge is -2.31. The monoisotopic (exact) mass is 342 g/mol. The average Bonchev–Trinajstić information content (AvgIpc) is 2.80. The van der Waals surface area contributed by atoms with Gasteiger partial charge in [-0.05, 0) is 18.6 Å². The Morgan fingerprint density at radius 1 is 1.41 bits per heavy atom. The first-order chi connectivity index (χ1) is 10.6. The molecule has 2 amide bonds. The molecule has 2 atom stereocenters. The van der Waals surface area contributed by atoms with Crippen molar-refractivity contribution in [1.29, 1.82) is 0 Å². The van der Waals surface area contributed by atoms with Gasteiger partial charge in [0.15, 0.2) is 6.04 Å². The minimum Gasteiger partial charge on any atom is -0.464 e. The SMILES string of the molecule is CCOC(=O)C1c2cccc(OS)c2C2CN1C(=O)N2OS. The Balaban J connectivity index is 2.16. The molecule has 0 aromatic heterocycles. The smallest absolute Gasteiger partial charge is 0.346 e. The van der Waals surface area contributed by atoms with Crippen molar-refractivity contribution in [2.24, 2.45) is 0 Å². The number of fused-ring (bicyclic) bond motifs is 4. The van der Waals surface area contributed by atoms with Crippen molar-refractivity contribution in [2.75, 3.05) is 13.2 Å². The number of hydroxylamine groups is 2. The van der Waals surface area contributed by atoms with E-state index in [2.05, 4.69) is 25.8 Å². The second-order valence-corrected chi connectivity index (χ2v) is 5.21. The van der Waals surface area contributed by atoms with Gasteiger partial charge >= 0.3 is 12.0 Å². The number of thiol groups is 2. The summed E-state index contributed by atoms with van der Waals surface area (Å²) in [7, 11) is 0. The highest BCUT2D eigenvalue weighted by atomic mass is 32.1. The van der Waals surface area contributed by atoms with E-state index in [0.717, 1.165) is 5.06 Å². The van der Waals surface area contributed by atoms with Crippen LogP contribution in [0.4, 0.5) is 4.79 Å². The Labute approximate surface area is 138 Å². The third-order valence-electron chi connectivity index (χ3n) is 3.82. The van der Waals surface area contributed by atoms with Crippen LogP contribution < -0.4 is 4.18 Å². The summed E-state index contributed by atoms with van der Waals surface area (Å²) in [6.07, 6.45) is 0. The molecule has 1 aromatic carbocycles. The maximum Gasteiger partial charge on any atom is 0.346 e. The first-order valence-corrected chi connectivity index (χ1v) is 7.39. The van der Waals surface area contributed by atoms with Crippen molar-refractivity contribution >= 4 is 37.8 Å². The lowest BCUT2D eigenvalue weighted by molar-refractivity contribution is -0.148. The molecule has 22 heavy (non-hydrogen) atoms. The van der Waals surface area contributed by atoms with Gasteiger partial charge in [-0.25, -0.2) is 13.9 Å². The molecule has 3 rings (SSSR count). The van der Waals surface area contributed by atoms with E-state index < -0.39 is 24.1 Å². The molecule has 118 valence electrons. The lowest BCUT2D eigenvalue weighted by atomic mass is 9.90. The molecule has 2 bridgehead atoms. The molecule has 2 heterocycles. The van der Waals surface area contributed by atoms with Crippen LogP contribution in [-0.2, 0) is 13.8 Å². The summed E-state index contributed by atoms with van der Waals surface area (Å²) in [6, 6.07) is 3.51. The van der Waals surface area contributed by atoms with Crippen molar-refractivity contribution in [3.8, 4) is 5.75 Å². The van der Waals surface area contributed by atoms with Gasteiger partial charge in [0.2, 0.25) is 0 Å². The quantitative estimate of drug-likeness (QED) is 0.498. The topological polar surface area (TPSA) is 68.3 Å². The van der Waals surface area contributed by atoms with Crippen LogP contribution >= 0.6 is 25.8 Å². The predicted octanol–water partition coefficient (Wildman–Crippen LogP) is 2.08. The highest BCUT2D eigenvalue weighted by Crippen LogP contribution is 2.48. The van der Waals surface area contributed by atoms with Crippen molar-refractivity contribution in [2.45, 2.75) is 19.0 Å². The molecule has 0 saturated carbocycles. The third-order valence-corrected chi connectivity index (χ3v) is 4.20. The number of benzene rings is 1. The zero-order valence-electron chi connectivity index (χ0n) is 11.6. The summed E-state index contributed by atoms with van der Waals surface area (Å²) in [4.78, 5) is 26.2. The van der Waals surface area contributed by atoms with Gasteiger partial charge in [0.25, 0.3) is 0 Å². The predicted molar refractivity (Wildman–Crippen MR) is 82.2 cm³/mol. The fourth-order valence-electron chi connectivity index (χ4n) is 2.99. The van der Waals surface area contributed by atoms with Crippen molar-refractivity contribution < 1.29 is 22.8 Å². The average molecular weight is 342 g/mol. The number of ether oxygens (including phenoxy) is 1. The van der Waals surface area contributed by atoms with Gasteiger partial charge in [-0.1, -0.05) is 12.1 Å². The Bertz CT molecular complexity index is 626. The van der Waals surface area contributed by atoms with Crippen LogP contribution in [0.5, 0.6) is 5.75 Å². The fourth-order valence-corrected chi connectivity index (χ4v) is 3.34. The van der Waals surface area contributed by atoms with Crippen LogP contribution in [0.15, 0.2) is 18.2 Å². The number of urea groups is 1. The van der Waals surface area contributed by atoms with Crippen LogP contribution in [0.2, 0.25) is 0 Å². The number of hydrogen-bond donors (Lipinski definition) is 2. The molecule has 9 heteroatoms. The molecule has 0 radical (unpaired) electrons. The van der Waals surface area contributed by atoms with E-state index in [1.807, 2.05) is 0 Å². The summed E-state index contributed by atoms with van der Waals surface area (Å²) in [5.74, 6) is -0.0299. The van der Waals surface area contributed by atoms with Gasteiger partial charge in [-0.2, -0.15) is 5.06 Å². The molecule has 1 fully saturated rings. The molecular formula is C13H14N2O5S2. The Hall–Kier alpha value is -1.58. The van der Waals surface area contributed by atoms with E-state index in [9.17, 15) is 9.59 Å². The summed E-state index contributed by atoms with van der Waals surface area (Å²) in [6.45, 7) is 2.22. The van der Waals surface area contributed by atoms with Gasteiger partial charge in [-0.3, -0.25) is 0 Å². The molecule has 7 nitrogen and oxygen atoms in total. The van der Waals surface area contributed by atoms with Crippen molar-refractivity contribution in [1.82, 2.24) is 9.96 Å². The second kappa shape index (κ2) is 5.90. The highest BCUT2D eigenvalue weighted by Gasteiger charge is 2.52. The maximum atomic E-state index is 12.4. The van der Waals surface area contributed by atoms with Crippen LogP contribution in [0.1, 0.15) is 30.1 Å². The maximum absolute atomic E-state index is 12.4. The van der Waals surface area contributed by atoms with Gasteiger partial charge < -0.3 is 13.8 Å². The number of amides is 2. The molecule has 2 unspecified atom stereocenters. The first-order valence-electron chi connectivity index (χ1n) is 6.66. The fraction of sp³-hybridized carbons (Fsp3) is 0.385. The molecule has 0 N–H and O–H groups in total. The lowest BCUT2D eigenvalue weighted by Crippen LogP contribution is -2.39. The first kappa shape index (κ1) is 15.3. The molecule has 0 aliphatic carbocycles. The van der Waals surface area contributed by atoms with E-state index in [-0.39, 0.29) is 13.2 Å². The molecule has 2 aliphatic heterocycles. The van der Waals surface area contributed by atoms with Gasteiger partial charge in [0, 0.05) is 31.4 Å². The van der Waals surface area contributed by atoms with Crippen LogP contribution in [0.25, 0.3) is 0 Å². The summed E-state index contributed by atoms with van der Waals surface area (Å²) >= 11 is 7.58. The van der Waals surface area contributed by atoms with E-state index in [1.54, 1.807) is 25.1 Å². The Morgan fingerprint density at radius 2 is 2.18 bits per heavy atom. The minimum atomic E-state index is -0.837. The van der Waals surface area contributed by atoms with Crippen LogP contribution in [-0.4, -0.2) is 35.1 Å². The standard InChI is InChI=1S/C13H14N2O5S2/c1-2-18-12(16)11-7-4-3-5-9(19-21)10(7)8-6-14(11)13(17)15(8)20-22/h3-5,8,11,21-22H,2,6H2,1H3. The third kappa shape index (κ3) is 2.11. The van der Waals surface area contributed by atoms with Crippen LogP contribution in [0.3, 0.4) is 0 Å². The van der Waals surface area contributed by atoms with Crippen molar-refractivity contribution in [3.05, 3.63) is 29.3 Å². The largest absolute Gasteiger partial charge is 0.464 e. The number of esters is 1. The molecule has 1 aromatic rings.